The van der Waals surface area contributed by atoms with Gasteiger partial charge in [0, 0.05) is 30.3 Å². The van der Waals surface area contributed by atoms with Crippen molar-refractivity contribution in [3.63, 3.8) is 0 Å². The number of carbonyl (C=O) groups is 1. The number of carbonyl (C=O) groups excluding carboxylic acids is 1. The number of piperidine rings is 1. The standard InChI is InChI=1S/C24H27FN2O4/c1-16(30-21-6-3-17(9-12-28)13-23(21)29-2)15-27-10-7-18(8-11-27)24-20-5-4-19(25)14-22(20)31-26-24/h3-6,12-14,16,18H,7-11,15H2,1-2H3. The van der Waals surface area contributed by atoms with Crippen LogP contribution in [0.1, 0.15) is 36.9 Å². The van der Waals surface area contributed by atoms with Crippen molar-refractivity contribution in [2.75, 3.05) is 26.7 Å². The molecule has 164 valence electrons. The van der Waals surface area contributed by atoms with E-state index >= 15 is 0 Å². The molecule has 31 heavy (non-hydrogen) atoms. The van der Waals surface area contributed by atoms with Crippen molar-refractivity contribution in [2.24, 2.45) is 0 Å². The molecule has 4 rings (SSSR count). The molecule has 2 heterocycles. The second kappa shape index (κ2) is 9.47. The van der Waals surface area contributed by atoms with E-state index < -0.39 is 0 Å². The van der Waals surface area contributed by atoms with Gasteiger partial charge in [0.05, 0.1) is 12.8 Å². The number of halogens is 1. The summed E-state index contributed by atoms with van der Waals surface area (Å²) in [6.07, 6.45) is 3.15. The molecule has 1 aromatic heterocycles. The van der Waals surface area contributed by atoms with Crippen molar-refractivity contribution in [3.8, 4) is 11.5 Å². The van der Waals surface area contributed by atoms with Crippen LogP contribution in [0.15, 0.2) is 40.9 Å². The molecular weight excluding hydrogens is 399 g/mol. The van der Waals surface area contributed by atoms with Gasteiger partial charge in [0.2, 0.25) is 0 Å². The SMILES string of the molecule is COc1cc(CC=O)ccc1OC(C)CN1CCC(c2noc3cc(F)ccc23)CC1. The van der Waals surface area contributed by atoms with Crippen LogP contribution in [-0.4, -0.2) is 49.2 Å². The Bertz CT molecular complexity index is 1040. The van der Waals surface area contributed by atoms with E-state index in [4.69, 9.17) is 14.0 Å². The maximum Gasteiger partial charge on any atom is 0.170 e. The zero-order valence-electron chi connectivity index (χ0n) is 17.8. The summed E-state index contributed by atoms with van der Waals surface area (Å²) in [5, 5.41) is 5.13. The summed E-state index contributed by atoms with van der Waals surface area (Å²) >= 11 is 0. The Morgan fingerprint density at radius 3 is 2.77 bits per heavy atom. The second-order valence-corrected chi connectivity index (χ2v) is 8.07. The number of fused-ring (bicyclic) bond motifs is 1. The van der Waals surface area contributed by atoms with Crippen LogP contribution in [0.4, 0.5) is 4.39 Å². The third-order valence-electron chi connectivity index (χ3n) is 5.83. The maximum atomic E-state index is 13.4. The predicted octanol–water partition coefficient (Wildman–Crippen LogP) is 4.36. The van der Waals surface area contributed by atoms with Gasteiger partial charge < -0.3 is 18.8 Å². The number of hydrogen-bond donors (Lipinski definition) is 0. The van der Waals surface area contributed by atoms with Crippen LogP contribution < -0.4 is 9.47 Å². The zero-order valence-corrected chi connectivity index (χ0v) is 17.8. The monoisotopic (exact) mass is 426 g/mol. The first kappa shape index (κ1) is 21.3. The van der Waals surface area contributed by atoms with Crippen molar-refractivity contribution < 1.29 is 23.2 Å². The summed E-state index contributed by atoms with van der Waals surface area (Å²) in [5.74, 6) is 1.32. The molecule has 1 aliphatic rings. The third kappa shape index (κ3) is 4.88. The van der Waals surface area contributed by atoms with Crippen molar-refractivity contribution in [2.45, 2.75) is 38.2 Å². The van der Waals surface area contributed by atoms with Crippen LogP contribution >= 0.6 is 0 Å². The van der Waals surface area contributed by atoms with Gasteiger partial charge in [-0.3, -0.25) is 4.90 Å². The lowest BCUT2D eigenvalue weighted by Gasteiger charge is -2.33. The van der Waals surface area contributed by atoms with E-state index in [1.807, 2.05) is 25.1 Å². The zero-order chi connectivity index (χ0) is 21.8. The van der Waals surface area contributed by atoms with Gasteiger partial charge in [-0.05, 0) is 62.7 Å². The topological polar surface area (TPSA) is 64.8 Å². The molecule has 6 nitrogen and oxygen atoms in total. The molecule has 7 heteroatoms. The number of rotatable bonds is 8. The molecule has 0 N–H and O–H groups in total. The Kier molecular flexibility index (Phi) is 6.51. The van der Waals surface area contributed by atoms with Crippen molar-refractivity contribution >= 4 is 17.3 Å². The average molecular weight is 426 g/mol. The first-order valence-electron chi connectivity index (χ1n) is 10.6. The largest absolute Gasteiger partial charge is 0.493 e. The molecule has 1 atom stereocenters. The number of aldehydes is 1. The molecule has 1 unspecified atom stereocenters. The van der Waals surface area contributed by atoms with Crippen LogP contribution in [0.3, 0.4) is 0 Å². The van der Waals surface area contributed by atoms with Gasteiger partial charge in [0.25, 0.3) is 0 Å². The number of methoxy groups -OCH3 is 1. The number of aromatic nitrogens is 1. The minimum Gasteiger partial charge on any atom is -0.493 e. The van der Waals surface area contributed by atoms with E-state index in [1.165, 1.54) is 12.1 Å². The summed E-state index contributed by atoms with van der Waals surface area (Å²) in [6, 6.07) is 10.2. The highest BCUT2D eigenvalue weighted by atomic mass is 19.1. The molecule has 0 aliphatic carbocycles. The predicted molar refractivity (Wildman–Crippen MR) is 115 cm³/mol. The van der Waals surface area contributed by atoms with Crippen LogP contribution in [0.25, 0.3) is 11.0 Å². The van der Waals surface area contributed by atoms with Crippen LogP contribution in [0.5, 0.6) is 11.5 Å². The summed E-state index contributed by atoms with van der Waals surface area (Å²) < 4.78 is 30.3. The van der Waals surface area contributed by atoms with Crippen molar-refractivity contribution in [1.82, 2.24) is 10.1 Å². The lowest BCUT2D eigenvalue weighted by molar-refractivity contribution is -0.107. The van der Waals surface area contributed by atoms with Gasteiger partial charge >= 0.3 is 0 Å². The minimum atomic E-state index is -0.311. The highest BCUT2D eigenvalue weighted by molar-refractivity contribution is 5.79. The number of benzene rings is 2. The molecule has 1 saturated heterocycles. The fourth-order valence-corrected chi connectivity index (χ4v) is 4.26. The Balaban J connectivity index is 1.33. The van der Waals surface area contributed by atoms with Gasteiger partial charge in [-0.25, -0.2) is 4.39 Å². The van der Waals surface area contributed by atoms with E-state index in [9.17, 15) is 9.18 Å². The summed E-state index contributed by atoms with van der Waals surface area (Å²) in [6.45, 7) is 4.72. The highest BCUT2D eigenvalue weighted by Gasteiger charge is 2.26. The lowest BCUT2D eigenvalue weighted by atomic mass is 9.91. The lowest BCUT2D eigenvalue weighted by Crippen LogP contribution is -2.39. The smallest absolute Gasteiger partial charge is 0.170 e. The van der Waals surface area contributed by atoms with Gasteiger partial charge in [-0.1, -0.05) is 11.2 Å². The summed E-state index contributed by atoms with van der Waals surface area (Å²) in [5.41, 5.74) is 2.34. The fourth-order valence-electron chi connectivity index (χ4n) is 4.26. The Labute approximate surface area is 180 Å². The second-order valence-electron chi connectivity index (χ2n) is 8.07. The van der Waals surface area contributed by atoms with Crippen LogP contribution in [-0.2, 0) is 11.2 Å². The molecule has 3 aromatic rings. The van der Waals surface area contributed by atoms with Crippen LogP contribution in [0, 0.1) is 5.82 Å². The highest BCUT2D eigenvalue weighted by Crippen LogP contribution is 2.33. The van der Waals surface area contributed by atoms with E-state index in [0.717, 1.165) is 55.4 Å². The number of ether oxygens (including phenoxy) is 2. The molecule has 0 bridgehead atoms. The molecule has 0 amide bonds. The van der Waals surface area contributed by atoms with Crippen molar-refractivity contribution in [1.29, 1.82) is 0 Å². The Hall–Kier alpha value is -2.93. The van der Waals surface area contributed by atoms with E-state index in [1.54, 1.807) is 13.2 Å². The minimum absolute atomic E-state index is 0.0155. The Morgan fingerprint density at radius 2 is 2.03 bits per heavy atom. The molecule has 0 spiro atoms. The molecule has 1 fully saturated rings. The summed E-state index contributed by atoms with van der Waals surface area (Å²) in [7, 11) is 1.60. The van der Waals surface area contributed by atoms with Crippen LogP contribution in [0.2, 0.25) is 0 Å². The molecule has 0 saturated carbocycles. The number of nitrogens with zero attached hydrogens (tertiary/aromatic N) is 2. The first-order chi connectivity index (χ1) is 15.1. The van der Waals surface area contributed by atoms with Gasteiger partial charge in [0.1, 0.15) is 18.2 Å². The van der Waals surface area contributed by atoms with Gasteiger partial charge in [-0.2, -0.15) is 0 Å². The van der Waals surface area contributed by atoms with Gasteiger partial charge in [-0.15, -0.1) is 0 Å². The maximum absolute atomic E-state index is 13.4. The molecule has 0 radical (unpaired) electrons. The number of likely N-dealkylation sites (tertiary alicyclic amines) is 1. The van der Waals surface area contributed by atoms with E-state index in [0.29, 0.717) is 29.4 Å². The average Bonchev–Trinajstić information content (AvgIpc) is 3.18. The van der Waals surface area contributed by atoms with E-state index in [2.05, 4.69) is 10.1 Å². The summed E-state index contributed by atoms with van der Waals surface area (Å²) in [4.78, 5) is 13.1. The Morgan fingerprint density at radius 1 is 1.23 bits per heavy atom. The van der Waals surface area contributed by atoms with E-state index in [-0.39, 0.29) is 11.9 Å². The fraction of sp³-hybridized carbons (Fsp3) is 0.417. The third-order valence-corrected chi connectivity index (χ3v) is 5.83. The number of hydrogen-bond acceptors (Lipinski definition) is 6. The molecule has 1 aliphatic heterocycles. The van der Waals surface area contributed by atoms with Crippen molar-refractivity contribution in [3.05, 3.63) is 53.5 Å². The first-order valence-corrected chi connectivity index (χ1v) is 10.6. The van der Waals surface area contributed by atoms with Gasteiger partial charge in [0.15, 0.2) is 17.1 Å². The molecule has 2 aromatic carbocycles. The normalized spacial score (nSPS) is 16.4. The quantitative estimate of drug-likeness (QED) is 0.499. The molecular formula is C24H27FN2O4.